The second-order valence-electron chi connectivity index (χ2n) is 27.8. The molecular weight excluding hydrogens is 1430 g/mol. The summed E-state index contributed by atoms with van der Waals surface area (Å²) in [6, 6.07) is 60.7. The largest absolute Gasteiger partial charge is 1.00 e. The van der Waals surface area contributed by atoms with Gasteiger partial charge in [-0.25, -0.2) is 9.59 Å². The molecule has 0 saturated heterocycles. The molecule has 3 aromatic heterocycles. The molecule has 0 saturated carbocycles. The number of hydrogen-bond donors (Lipinski definition) is 5. The molecule has 0 radical (unpaired) electrons. The van der Waals surface area contributed by atoms with Crippen LogP contribution < -0.4 is 49.4 Å². The maximum atomic E-state index is 12.1. The first-order chi connectivity index (χ1) is 50.7. The van der Waals surface area contributed by atoms with Gasteiger partial charge in [-0.1, -0.05) is 98.4 Å². The normalized spacial score (nSPS) is 10.9. The van der Waals surface area contributed by atoms with Gasteiger partial charge in [0.25, 0.3) is 0 Å². The third-order valence-corrected chi connectivity index (χ3v) is 19.5. The quantitative estimate of drug-likeness (QED) is 0.0214. The van der Waals surface area contributed by atoms with E-state index in [0.717, 1.165) is 99.8 Å². The van der Waals surface area contributed by atoms with E-state index >= 15 is 0 Å². The van der Waals surface area contributed by atoms with E-state index < -0.39 is 35.3 Å². The molecule has 17 nitrogen and oxygen atoms in total. The third-order valence-electron chi connectivity index (χ3n) is 16.6. The van der Waals surface area contributed by atoms with E-state index in [0.29, 0.717) is 74.4 Å². The number of ether oxygens (including phenoxy) is 6. The maximum absolute atomic E-state index is 12.1. The zero-order valence-electron chi connectivity index (χ0n) is 62.8. The van der Waals surface area contributed by atoms with Crippen LogP contribution in [-0.2, 0) is 87.3 Å². The second kappa shape index (κ2) is 39.7. The molecule has 3 heterocycles. The summed E-state index contributed by atoms with van der Waals surface area (Å²) >= 11 is 5.09. The molecule has 0 aliphatic rings. The van der Waals surface area contributed by atoms with Crippen molar-refractivity contribution in [1.29, 1.82) is 0 Å². The molecule has 21 heteroatoms. The minimum absolute atomic E-state index is 0. The zero-order valence-corrected chi connectivity index (χ0v) is 65.2. The van der Waals surface area contributed by atoms with Crippen molar-refractivity contribution >= 4 is 94.4 Å². The summed E-state index contributed by atoms with van der Waals surface area (Å²) in [4.78, 5) is 58.8. The van der Waals surface area contributed by atoms with Crippen molar-refractivity contribution in [3.63, 3.8) is 0 Å². The fraction of sp³-hybridized carbons (Fsp3) is 0.261. The number of carbonyl (C=O) groups is 5. The first-order valence-corrected chi connectivity index (χ1v) is 37.5. The Morgan fingerprint density at radius 2 is 0.761 bits per heavy atom. The molecule has 0 spiro atoms. The van der Waals surface area contributed by atoms with Crippen LogP contribution in [0.4, 0.5) is 9.59 Å². The number of aryl methyl sites for hydroxylation is 3. The van der Waals surface area contributed by atoms with E-state index in [4.69, 9.17) is 34.2 Å². The van der Waals surface area contributed by atoms with Crippen LogP contribution in [0.3, 0.4) is 0 Å². The van der Waals surface area contributed by atoms with Crippen LogP contribution in [-0.4, -0.2) is 63.6 Å². The van der Waals surface area contributed by atoms with E-state index in [1.165, 1.54) is 19.5 Å². The Labute approximate surface area is 661 Å². The van der Waals surface area contributed by atoms with Crippen LogP contribution in [0.15, 0.2) is 198 Å². The second-order valence-corrected chi connectivity index (χ2v) is 30.5. The van der Waals surface area contributed by atoms with Crippen LogP contribution in [0, 0.1) is 20.8 Å². The predicted octanol–water partition coefficient (Wildman–Crippen LogP) is 17.7. The Hall–Kier alpha value is -10.3. The van der Waals surface area contributed by atoms with Crippen LogP contribution in [0.2, 0.25) is 0 Å². The standard InChI is InChI=1S/C32H35NO5S.C30H31NO5S.C25H23NO3S.CH4.Li.H2O/c1-6-36-29(34)18-25-11-10-21(2)14-28(25)37-20-23-16-26-12-13-39-30(26)27(17-23)24-9-7-8-22(15-24)19-33-31(35)38-32(3,4)5;1-19-8-9-23(16-27(32)33)26(12-19)35-18-21-14-24-10-11-37-28(24)25(15-21)22-7-5-6-20(13-22)17-31-29(34)36-30(2,3)4;1-16-5-6-20(13-24(27)28)23(9-16)29-15-18-11-21-7-8-30-25(21)22(12-18)19-4-2-3-17(10-19)14-26;;;/h7-17H,6,18-20H2,1-5H3,(H,33,35);5-15H,16-18H2,1-4H3,(H,31,34)(H,32,33);2-12H,13-15,26H2,1H3,(H,27,28);1H4;;1H2/q;;;;+1;/p-1. The zero-order chi connectivity index (χ0) is 75.7. The molecule has 0 unspecified atom stereocenters. The molecule has 0 aliphatic carbocycles. The Balaban J connectivity index is 0.000000226. The number of fused-ring (bicyclic) bond motifs is 3. The van der Waals surface area contributed by atoms with Gasteiger partial charge in [0.2, 0.25) is 0 Å². The Kier molecular flexibility index (Phi) is 31.3. The molecule has 9 aromatic carbocycles. The number of esters is 1. The molecule has 2 amide bonds. The maximum Gasteiger partial charge on any atom is 1.00 e. The molecule has 12 aromatic rings. The Morgan fingerprint density at radius 3 is 1.08 bits per heavy atom. The number of aliphatic carboxylic acids is 2. The Bertz CT molecular complexity index is 5130. The van der Waals surface area contributed by atoms with Gasteiger partial charge in [-0.2, -0.15) is 0 Å². The summed E-state index contributed by atoms with van der Waals surface area (Å²) in [5.41, 5.74) is 22.7. The number of hydrogen-bond acceptors (Lipinski definition) is 16. The minimum Gasteiger partial charge on any atom is -0.870 e. The van der Waals surface area contributed by atoms with Crippen molar-refractivity contribution in [2.75, 3.05) is 6.61 Å². The summed E-state index contributed by atoms with van der Waals surface area (Å²) < 4.78 is 37.9. The van der Waals surface area contributed by atoms with Gasteiger partial charge in [0.05, 0.1) is 25.9 Å². The number of carbonyl (C=O) groups excluding carboxylic acids is 3. The van der Waals surface area contributed by atoms with Crippen molar-refractivity contribution in [3.8, 4) is 50.6 Å². The van der Waals surface area contributed by atoms with E-state index in [2.05, 4.69) is 118 Å². The molecular formula is C88H94LiN3O14S3. The average molecular weight is 1520 g/mol. The molecule has 0 fully saturated rings. The monoisotopic (exact) mass is 1520 g/mol. The fourth-order valence-corrected chi connectivity index (χ4v) is 14.6. The first kappa shape index (κ1) is 86.0. The van der Waals surface area contributed by atoms with Gasteiger partial charge in [-0.05, 0) is 276 Å². The number of carboxylic acid groups (broad SMARTS) is 2. The Morgan fingerprint density at radius 1 is 0.431 bits per heavy atom. The smallest absolute Gasteiger partial charge is 0.870 e. The van der Waals surface area contributed by atoms with Crippen LogP contribution in [0.25, 0.3) is 63.6 Å². The topological polar surface area (TPSA) is 261 Å². The van der Waals surface area contributed by atoms with E-state index in [9.17, 15) is 34.2 Å². The van der Waals surface area contributed by atoms with Crippen LogP contribution in [0.1, 0.15) is 123 Å². The van der Waals surface area contributed by atoms with Gasteiger partial charge in [-0.15, -0.1) is 34.0 Å². The van der Waals surface area contributed by atoms with Gasteiger partial charge in [-0.3, -0.25) is 14.4 Å². The number of thiophene rings is 3. The summed E-state index contributed by atoms with van der Waals surface area (Å²) in [7, 11) is 0. The minimum atomic E-state index is -0.892. The number of nitrogens with one attached hydrogen (secondary N) is 2. The molecule has 564 valence electrons. The average Bonchev–Trinajstić information content (AvgIpc) is 1.75. The van der Waals surface area contributed by atoms with E-state index in [-0.39, 0.29) is 57.0 Å². The predicted molar refractivity (Wildman–Crippen MR) is 434 cm³/mol. The third kappa shape index (κ3) is 25.1. The van der Waals surface area contributed by atoms with Crippen molar-refractivity contribution in [2.24, 2.45) is 5.73 Å². The van der Waals surface area contributed by atoms with Crippen LogP contribution in [0.5, 0.6) is 17.2 Å². The van der Waals surface area contributed by atoms with Crippen molar-refractivity contribution in [2.45, 2.75) is 147 Å². The van der Waals surface area contributed by atoms with Crippen molar-refractivity contribution < 1.29 is 86.9 Å². The van der Waals surface area contributed by atoms with Crippen molar-refractivity contribution in [1.82, 2.24) is 10.6 Å². The summed E-state index contributed by atoms with van der Waals surface area (Å²) in [6.07, 6.45) is -0.866. The molecule has 0 atom stereocenters. The molecule has 12 rings (SSSR count). The number of carboxylic acids is 2. The molecule has 0 bridgehead atoms. The molecule has 0 aliphatic heterocycles. The number of rotatable bonds is 24. The van der Waals surface area contributed by atoms with Crippen LogP contribution >= 0.6 is 34.0 Å². The summed E-state index contributed by atoms with van der Waals surface area (Å²) in [5.74, 6) is -0.138. The van der Waals surface area contributed by atoms with Gasteiger partial charge in [0.1, 0.15) is 48.3 Å². The number of nitrogens with two attached hydrogens (primary N) is 1. The molecule has 7 N–H and O–H groups in total. The van der Waals surface area contributed by atoms with E-state index in [1.807, 2.05) is 153 Å². The summed E-state index contributed by atoms with van der Waals surface area (Å²) in [5, 5.41) is 33.8. The fourth-order valence-electron chi connectivity index (χ4n) is 11.9. The molecule has 109 heavy (non-hydrogen) atoms. The number of alkyl carbamates (subject to hydrolysis) is 2. The first-order valence-electron chi connectivity index (χ1n) is 34.9. The summed E-state index contributed by atoms with van der Waals surface area (Å²) in [6.45, 7) is 21.4. The van der Waals surface area contributed by atoms with E-state index in [1.54, 1.807) is 40.9 Å². The van der Waals surface area contributed by atoms with Gasteiger partial charge >= 0.3 is 49.0 Å². The van der Waals surface area contributed by atoms with Gasteiger partial charge < -0.3 is 60.5 Å². The number of benzene rings is 9. The van der Waals surface area contributed by atoms with Gasteiger partial charge in [0, 0.05) is 50.4 Å². The van der Waals surface area contributed by atoms with Gasteiger partial charge in [0.15, 0.2) is 0 Å². The van der Waals surface area contributed by atoms with Crippen molar-refractivity contribution in [3.05, 3.63) is 265 Å². The SMILES string of the molecule is C.CCOC(=O)Cc1ccc(C)cc1OCc1cc(-c2cccc(CNC(=O)OC(C)(C)C)c2)c2sccc2c1.Cc1ccc(CC(=O)O)c(OCc2cc(-c3cccc(CN)c3)c3sccc3c2)c1.Cc1ccc(CC(=O)O)c(OCc2cc(-c3cccc(CNC(=O)OC(C)(C)C)c3)c3sccc3c2)c1.[Li+].[OH-]. The number of amides is 2.